The van der Waals surface area contributed by atoms with Crippen LogP contribution in [0.2, 0.25) is 18.1 Å². The average molecular weight is 631 g/mol. The first-order valence-corrected chi connectivity index (χ1v) is 20.4. The molecule has 0 radical (unpaired) electrons. The molecular weight excluding hydrogens is 589 g/mol. The van der Waals surface area contributed by atoms with E-state index in [-0.39, 0.29) is 5.04 Å². The number of aromatic nitrogens is 1. The molecule has 1 aromatic heterocycles. The summed E-state index contributed by atoms with van der Waals surface area (Å²) in [5.41, 5.74) is 3.87. The highest BCUT2D eigenvalue weighted by molar-refractivity contribution is 7.98. The average Bonchev–Trinajstić information content (AvgIpc) is 2.95. The Morgan fingerprint density at radius 3 is 2.19 bits per heavy atom. The Labute approximate surface area is 262 Å². The number of benzene rings is 3. The highest BCUT2D eigenvalue weighted by atomic mass is 32.2. The van der Waals surface area contributed by atoms with Gasteiger partial charge >= 0.3 is 0 Å². The third kappa shape index (κ3) is 6.61. The van der Waals surface area contributed by atoms with Gasteiger partial charge < -0.3 is 4.43 Å². The molecule has 0 bridgehead atoms. The van der Waals surface area contributed by atoms with Crippen molar-refractivity contribution >= 4 is 40.8 Å². The Morgan fingerprint density at radius 2 is 1.60 bits per heavy atom. The van der Waals surface area contributed by atoms with Crippen LogP contribution in [0.4, 0.5) is 0 Å². The van der Waals surface area contributed by atoms with E-state index in [1.165, 1.54) is 6.26 Å². The largest absolute Gasteiger partial charge is 0.395 e. The van der Waals surface area contributed by atoms with E-state index in [9.17, 15) is 13.7 Å². The molecule has 8 heteroatoms. The highest BCUT2D eigenvalue weighted by Gasteiger charge is 2.46. The molecule has 1 unspecified atom stereocenters. The standard InChI is InChI=1S/C35H42N2O3S2Si/c1-33(2,3)43(8,9)40-35(24-36,28-15-17-30(41-6)18-16-28)23-25-12-10-13-26(20-25)31-22-29(34(4,5)42(7,38)39)21-27-14-11-19-37-32(27)31/h10-22H,23H2,1-9H3. The van der Waals surface area contributed by atoms with Crippen molar-refractivity contribution in [2.24, 2.45) is 0 Å². The quantitative estimate of drug-likeness (QED) is 0.136. The lowest BCUT2D eigenvalue weighted by atomic mass is 9.87. The van der Waals surface area contributed by atoms with Gasteiger partial charge in [0.1, 0.15) is 6.07 Å². The second-order valence-corrected chi connectivity index (χ2v) is 21.5. The SMILES string of the molecule is CSc1ccc(C(C#N)(Cc2cccc(-c3cc(C(C)(C)S(C)(=O)=O)cc4cccnc34)c2)O[Si](C)(C)C(C)(C)C)cc1. The minimum Gasteiger partial charge on any atom is -0.395 e. The van der Waals surface area contributed by atoms with Gasteiger partial charge in [-0.3, -0.25) is 4.98 Å². The minimum absolute atomic E-state index is 0.0897. The van der Waals surface area contributed by atoms with E-state index >= 15 is 0 Å². The summed E-state index contributed by atoms with van der Waals surface area (Å²) in [6.07, 6.45) is 5.43. The van der Waals surface area contributed by atoms with E-state index < -0.39 is 28.5 Å². The summed E-state index contributed by atoms with van der Waals surface area (Å²) in [4.78, 5) is 5.81. The third-order valence-corrected chi connectivity index (χ3v) is 16.3. The van der Waals surface area contributed by atoms with Crippen LogP contribution in [0.3, 0.4) is 0 Å². The van der Waals surface area contributed by atoms with Gasteiger partial charge in [-0.05, 0) is 90.8 Å². The molecule has 0 aliphatic heterocycles. The van der Waals surface area contributed by atoms with Crippen molar-refractivity contribution in [1.82, 2.24) is 4.98 Å². The molecule has 0 amide bonds. The zero-order chi connectivity index (χ0) is 31.8. The Morgan fingerprint density at radius 1 is 0.930 bits per heavy atom. The van der Waals surface area contributed by atoms with E-state index in [4.69, 9.17) is 4.43 Å². The molecule has 0 N–H and O–H groups in total. The zero-order valence-electron chi connectivity index (χ0n) is 26.6. The van der Waals surface area contributed by atoms with E-state index in [0.29, 0.717) is 12.0 Å². The Hall–Kier alpha value is -2.96. The topological polar surface area (TPSA) is 80.0 Å². The summed E-state index contributed by atoms with van der Waals surface area (Å²) in [6, 6.07) is 26.5. The molecule has 1 heterocycles. The molecule has 1 atom stereocenters. The Bertz CT molecular complexity index is 1790. The number of hydrogen-bond donors (Lipinski definition) is 0. The predicted molar refractivity (Wildman–Crippen MR) is 183 cm³/mol. The second kappa shape index (κ2) is 11.9. The number of pyridine rings is 1. The van der Waals surface area contributed by atoms with Crippen LogP contribution in [0.5, 0.6) is 0 Å². The van der Waals surface area contributed by atoms with Crippen molar-refractivity contribution in [3.8, 4) is 17.2 Å². The fraction of sp³-hybridized carbons (Fsp3) is 0.371. The first-order chi connectivity index (χ1) is 19.9. The fourth-order valence-electron chi connectivity index (χ4n) is 4.88. The zero-order valence-corrected chi connectivity index (χ0v) is 29.3. The molecule has 0 saturated carbocycles. The van der Waals surface area contributed by atoms with Crippen LogP contribution in [0.25, 0.3) is 22.0 Å². The van der Waals surface area contributed by atoms with Gasteiger partial charge in [0, 0.05) is 34.7 Å². The van der Waals surface area contributed by atoms with Crippen LogP contribution in [0.1, 0.15) is 51.3 Å². The first-order valence-electron chi connectivity index (χ1n) is 14.4. The molecule has 43 heavy (non-hydrogen) atoms. The van der Waals surface area contributed by atoms with Crippen molar-refractivity contribution in [3.05, 3.63) is 95.7 Å². The van der Waals surface area contributed by atoms with Crippen LogP contribution in [-0.4, -0.2) is 34.2 Å². The maximum Gasteiger partial charge on any atom is 0.194 e. The number of nitrogens with zero attached hydrogens (tertiary/aromatic N) is 2. The summed E-state index contributed by atoms with van der Waals surface area (Å²) in [6.45, 7) is 14.4. The second-order valence-electron chi connectivity index (χ2n) is 13.3. The van der Waals surface area contributed by atoms with Crippen LogP contribution in [0.15, 0.2) is 83.9 Å². The number of rotatable bonds is 9. The van der Waals surface area contributed by atoms with Gasteiger partial charge in [-0.15, -0.1) is 11.8 Å². The van der Waals surface area contributed by atoms with E-state index in [2.05, 4.69) is 51.0 Å². The van der Waals surface area contributed by atoms with Gasteiger partial charge in [0.15, 0.2) is 23.8 Å². The lowest BCUT2D eigenvalue weighted by Gasteiger charge is -2.43. The molecule has 0 saturated heterocycles. The lowest BCUT2D eigenvalue weighted by molar-refractivity contribution is 0.109. The first kappa shape index (κ1) is 32.9. The third-order valence-electron chi connectivity index (χ3n) is 8.99. The molecule has 5 nitrogen and oxygen atoms in total. The van der Waals surface area contributed by atoms with Crippen molar-refractivity contribution in [3.63, 3.8) is 0 Å². The van der Waals surface area contributed by atoms with E-state index in [1.807, 2.05) is 73.0 Å². The number of sulfone groups is 1. The summed E-state index contributed by atoms with van der Waals surface area (Å²) in [5, 5.41) is 11.6. The van der Waals surface area contributed by atoms with Gasteiger partial charge in [0.25, 0.3) is 0 Å². The Kier molecular flexibility index (Phi) is 9.08. The summed E-state index contributed by atoms with van der Waals surface area (Å²) >= 11 is 1.66. The maximum absolute atomic E-state index is 12.8. The van der Waals surface area contributed by atoms with Crippen molar-refractivity contribution in [1.29, 1.82) is 5.26 Å². The van der Waals surface area contributed by atoms with Gasteiger partial charge in [0.2, 0.25) is 0 Å². The number of hydrogen-bond acceptors (Lipinski definition) is 6. The monoisotopic (exact) mass is 630 g/mol. The van der Waals surface area contributed by atoms with Gasteiger partial charge in [-0.1, -0.05) is 63.2 Å². The molecule has 226 valence electrons. The van der Waals surface area contributed by atoms with Crippen molar-refractivity contribution < 1.29 is 12.8 Å². The Balaban J connectivity index is 1.89. The molecular formula is C35H42N2O3S2Si. The smallest absolute Gasteiger partial charge is 0.194 e. The normalized spacial score (nSPS) is 14.3. The fourth-order valence-corrected chi connectivity index (χ4v) is 7.25. The maximum atomic E-state index is 12.8. The van der Waals surface area contributed by atoms with E-state index in [0.717, 1.165) is 38.1 Å². The summed E-state index contributed by atoms with van der Waals surface area (Å²) < 4.78 is 31.5. The molecule has 0 aliphatic carbocycles. The summed E-state index contributed by atoms with van der Waals surface area (Å²) in [5.74, 6) is 0. The van der Waals surface area contributed by atoms with Gasteiger partial charge in [-0.2, -0.15) is 5.26 Å². The number of thioether (sulfide) groups is 1. The molecule has 4 aromatic rings. The molecule has 0 fully saturated rings. The molecule has 0 spiro atoms. The van der Waals surface area contributed by atoms with Crippen molar-refractivity contribution in [2.75, 3.05) is 12.5 Å². The van der Waals surface area contributed by atoms with Crippen LogP contribution in [0, 0.1) is 11.3 Å². The van der Waals surface area contributed by atoms with Gasteiger partial charge in [0.05, 0.1) is 10.3 Å². The molecule has 4 rings (SSSR count). The van der Waals surface area contributed by atoms with E-state index in [1.54, 1.807) is 31.8 Å². The number of fused-ring (bicyclic) bond motifs is 1. The highest BCUT2D eigenvalue weighted by Crippen LogP contribution is 2.44. The summed E-state index contributed by atoms with van der Waals surface area (Å²) in [7, 11) is -5.77. The van der Waals surface area contributed by atoms with Crippen LogP contribution in [-0.2, 0) is 31.0 Å². The molecule has 0 aliphatic rings. The lowest BCUT2D eigenvalue weighted by Crippen LogP contribution is -2.49. The van der Waals surface area contributed by atoms with Crippen LogP contribution >= 0.6 is 11.8 Å². The van der Waals surface area contributed by atoms with Crippen molar-refractivity contribution in [2.45, 2.75) is 74.4 Å². The molecule has 3 aromatic carbocycles. The number of nitriles is 1. The van der Waals surface area contributed by atoms with Crippen LogP contribution < -0.4 is 0 Å². The predicted octanol–water partition coefficient (Wildman–Crippen LogP) is 8.89. The van der Waals surface area contributed by atoms with Gasteiger partial charge in [-0.25, -0.2) is 8.42 Å². The minimum atomic E-state index is -3.39.